The van der Waals surface area contributed by atoms with Crippen molar-refractivity contribution in [1.29, 1.82) is 0 Å². The van der Waals surface area contributed by atoms with Crippen molar-refractivity contribution < 1.29 is 14.6 Å². The van der Waals surface area contributed by atoms with Gasteiger partial charge in [0.1, 0.15) is 12.4 Å². The first-order valence-electron chi connectivity index (χ1n) is 13.4. The Morgan fingerprint density at radius 1 is 0.895 bits per heavy atom. The molecule has 0 saturated heterocycles. The number of carboxylic acid groups (broad SMARTS) is 1. The number of aromatic nitrogens is 1. The molecule has 6 heteroatoms. The highest BCUT2D eigenvalue weighted by atomic mass is 32.1. The molecule has 0 unspecified atom stereocenters. The molecule has 0 fully saturated rings. The number of hydrogen-bond acceptors (Lipinski definition) is 5. The van der Waals surface area contributed by atoms with Crippen LogP contribution in [-0.4, -0.2) is 22.6 Å². The molecule has 3 aromatic carbocycles. The summed E-state index contributed by atoms with van der Waals surface area (Å²) in [6.45, 7) is 4.55. The van der Waals surface area contributed by atoms with E-state index in [4.69, 9.17) is 14.8 Å². The Balaban J connectivity index is 1.35. The smallest absolute Gasteiger partial charge is 0.303 e. The number of rotatable bonds is 15. The molecule has 4 aromatic rings. The second-order valence-electron chi connectivity index (χ2n) is 9.51. The molecule has 0 aliphatic heterocycles. The maximum Gasteiger partial charge on any atom is 0.303 e. The van der Waals surface area contributed by atoms with Gasteiger partial charge in [-0.1, -0.05) is 92.9 Å². The van der Waals surface area contributed by atoms with Gasteiger partial charge >= 0.3 is 5.97 Å². The van der Waals surface area contributed by atoms with Crippen LogP contribution >= 0.6 is 11.3 Å². The lowest BCUT2D eigenvalue weighted by Gasteiger charge is -2.22. The highest BCUT2D eigenvalue weighted by Crippen LogP contribution is 2.29. The molecule has 1 N–H and O–H groups in total. The quantitative estimate of drug-likeness (QED) is 0.158. The van der Waals surface area contributed by atoms with Crippen molar-refractivity contribution in [3.63, 3.8) is 0 Å². The van der Waals surface area contributed by atoms with Gasteiger partial charge < -0.3 is 14.7 Å². The van der Waals surface area contributed by atoms with Crippen LogP contribution in [0.3, 0.4) is 0 Å². The predicted octanol–water partition coefficient (Wildman–Crippen LogP) is 7.99. The van der Waals surface area contributed by atoms with Gasteiger partial charge in [0.15, 0.2) is 5.13 Å². The molecular formula is C32H36N2O3S. The number of benzene rings is 3. The summed E-state index contributed by atoms with van der Waals surface area (Å²) in [5.74, 6) is 0.00127. The summed E-state index contributed by atoms with van der Waals surface area (Å²) in [5.41, 5.74) is 5.55. The third-order valence-corrected chi connectivity index (χ3v) is 7.37. The molecule has 0 spiro atoms. The predicted molar refractivity (Wildman–Crippen MR) is 156 cm³/mol. The average molecular weight is 529 g/mol. The van der Waals surface area contributed by atoms with Crippen LogP contribution in [0.2, 0.25) is 0 Å². The Morgan fingerprint density at radius 2 is 1.61 bits per heavy atom. The fourth-order valence-electron chi connectivity index (χ4n) is 4.25. The summed E-state index contributed by atoms with van der Waals surface area (Å²) in [5, 5.41) is 12.1. The van der Waals surface area contributed by atoms with Gasteiger partial charge in [0.2, 0.25) is 0 Å². The van der Waals surface area contributed by atoms with Crippen LogP contribution in [-0.2, 0) is 24.4 Å². The van der Waals surface area contributed by atoms with Gasteiger partial charge in [-0.3, -0.25) is 4.79 Å². The van der Waals surface area contributed by atoms with Gasteiger partial charge in [0, 0.05) is 30.5 Å². The van der Waals surface area contributed by atoms with Crippen molar-refractivity contribution in [3.8, 4) is 17.0 Å². The van der Waals surface area contributed by atoms with E-state index in [9.17, 15) is 4.79 Å². The van der Waals surface area contributed by atoms with Crippen molar-refractivity contribution in [2.45, 2.75) is 58.6 Å². The minimum atomic E-state index is -0.781. The average Bonchev–Trinajstić information content (AvgIpc) is 3.44. The van der Waals surface area contributed by atoms with Crippen molar-refractivity contribution in [2.75, 3.05) is 11.4 Å². The molecule has 0 bridgehead atoms. The number of hydrogen-bond donors (Lipinski definition) is 1. The second-order valence-corrected chi connectivity index (χ2v) is 10.3. The third-order valence-electron chi connectivity index (χ3n) is 6.47. The summed E-state index contributed by atoms with van der Waals surface area (Å²) >= 11 is 1.72. The number of carbonyl (C=O) groups is 1. The van der Waals surface area contributed by atoms with E-state index in [1.807, 2.05) is 30.3 Å². The van der Waals surface area contributed by atoms with Crippen molar-refractivity contribution in [2.24, 2.45) is 0 Å². The number of anilines is 1. The normalized spacial score (nSPS) is 10.9. The topological polar surface area (TPSA) is 62.7 Å². The zero-order valence-corrected chi connectivity index (χ0v) is 22.8. The number of ether oxygens (including phenoxy) is 1. The van der Waals surface area contributed by atoms with E-state index in [0.717, 1.165) is 52.8 Å². The first-order chi connectivity index (χ1) is 18.6. The van der Waals surface area contributed by atoms with Crippen LogP contribution in [0.5, 0.6) is 5.75 Å². The number of carboxylic acids is 1. The van der Waals surface area contributed by atoms with E-state index in [1.165, 1.54) is 24.8 Å². The first kappa shape index (κ1) is 27.4. The van der Waals surface area contributed by atoms with E-state index in [0.29, 0.717) is 13.0 Å². The lowest BCUT2D eigenvalue weighted by molar-refractivity contribution is -0.136. The molecule has 38 heavy (non-hydrogen) atoms. The van der Waals surface area contributed by atoms with Crippen LogP contribution in [0.4, 0.5) is 5.13 Å². The Kier molecular flexibility index (Phi) is 10.3. The zero-order chi connectivity index (χ0) is 26.6. The minimum absolute atomic E-state index is 0.138. The molecule has 1 aromatic heterocycles. The minimum Gasteiger partial charge on any atom is -0.489 e. The molecule has 5 nitrogen and oxygen atoms in total. The van der Waals surface area contributed by atoms with E-state index in [-0.39, 0.29) is 6.42 Å². The highest BCUT2D eigenvalue weighted by Gasteiger charge is 2.13. The van der Waals surface area contributed by atoms with Crippen molar-refractivity contribution in [3.05, 3.63) is 101 Å². The standard InChI is InChI=1S/C32H36N2O3S/c1-2-3-4-8-21-34(32-33-30(24-38-32)28-9-6-5-7-10-28)22-26-11-13-27(14-12-26)23-37-29-18-15-25(16-19-29)17-20-31(35)36/h5-7,9-16,18-19,24H,2-4,8,17,20-23H2,1H3,(H,35,36). The fraction of sp³-hybridized carbons (Fsp3) is 0.312. The Hall–Kier alpha value is -3.64. The largest absolute Gasteiger partial charge is 0.489 e. The number of thiazole rings is 1. The summed E-state index contributed by atoms with van der Waals surface area (Å²) in [4.78, 5) is 18.1. The molecule has 198 valence electrons. The molecule has 0 atom stereocenters. The zero-order valence-electron chi connectivity index (χ0n) is 22.0. The third kappa shape index (κ3) is 8.45. The summed E-state index contributed by atoms with van der Waals surface area (Å²) in [6.07, 6.45) is 5.56. The molecular weight excluding hydrogens is 492 g/mol. The van der Waals surface area contributed by atoms with Crippen molar-refractivity contribution in [1.82, 2.24) is 4.98 Å². The number of nitrogens with zero attached hydrogens (tertiary/aromatic N) is 2. The first-order valence-corrected chi connectivity index (χ1v) is 14.3. The van der Waals surface area contributed by atoms with Gasteiger partial charge in [-0.2, -0.15) is 0 Å². The maximum atomic E-state index is 10.7. The molecule has 0 saturated carbocycles. The molecule has 1 heterocycles. The monoisotopic (exact) mass is 528 g/mol. The molecule has 4 rings (SSSR count). The molecule has 0 aliphatic carbocycles. The summed E-state index contributed by atoms with van der Waals surface area (Å²) in [6, 6.07) is 26.6. The Labute approximate surface area is 229 Å². The molecule has 0 amide bonds. The van der Waals surface area contributed by atoms with Crippen LogP contribution in [0.1, 0.15) is 55.7 Å². The van der Waals surface area contributed by atoms with Crippen LogP contribution < -0.4 is 9.64 Å². The summed E-state index contributed by atoms with van der Waals surface area (Å²) in [7, 11) is 0. The van der Waals surface area contributed by atoms with Gasteiger partial charge in [0.05, 0.1) is 5.69 Å². The lowest BCUT2D eigenvalue weighted by atomic mass is 10.1. The fourth-order valence-corrected chi connectivity index (χ4v) is 5.12. The SMILES string of the molecule is CCCCCCN(Cc1ccc(COc2ccc(CCC(=O)O)cc2)cc1)c1nc(-c2ccccc2)cs1. The van der Waals surface area contributed by atoms with E-state index >= 15 is 0 Å². The van der Waals surface area contributed by atoms with Crippen molar-refractivity contribution >= 4 is 22.4 Å². The number of unbranched alkanes of at least 4 members (excludes halogenated alkanes) is 3. The Bertz CT molecular complexity index is 1250. The van der Waals surface area contributed by atoms with Crippen LogP contribution in [0, 0.1) is 0 Å². The van der Waals surface area contributed by atoms with E-state index < -0.39 is 5.97 Å². The highest BCUT2D eigenvalue weighted by molar-refractivity contribution is 7.14. The van der Waals surface area contributed by atoms with Gasteiger partial charge in [-0.25, -0.2) is 4.98 Å². The van der Waals surface area contributed by atoms with Gasteiger partial charge in [0.25, 0.3) is 0 Å². The van der Waals surface area contributed by atoms with E-state index in [2.05, 4.69) is 65.7 Å². The van der Waals surface area contributed by atoms with Crippen LogP contribution in [0.15, 0.2) is 84.2 Å². The Morgan fingerprint density at radius 3 is 2.32 bits per heavy atom. The van der Waals surface area contributed by atoms with E-state index in [1.54, 1.807) is 11.3 Å². The van der Waals surface area contributed by atoms with Gasteiger partial charge in [-0.15, -0.1) is 11.3 Å². The number of aliphatic carboxylic acids is 1. The van der Waals surface area contributed by atoms with Gasteiger partial charge in [-0.05, 0) is 41.7 Å². The van der Waals surface area contributed by atoms with Crippen LogP contribution in [0.25, 0.3) is 11.3 Å². The molecule has 0 aliphatic rings. The maximum absolute atomic E-state index is 10.7. The second kappa shape index (κ2) is 14.3. The number of aryl methyl sites for hydroxylation is 1. The summed E-state index contributed by atoms with van der Waals surface area (Å²) < 4.78 is 5.95. The lowest BCUT2D eigenvalue weighted by Crippen LogP contribution is -2.23. The molecule has 0 radical (unpaired) electrons.